The van der Waals surface area contributed by atoms with Crippen LogP contribution in [0, 0.1) is 5.41 Å². The Morgan fingerprint density at radius 1 is 1.10 bits per heavy atom. The zero-order valence-corrected chi connectivity index (χ0v) is 23.4. The number of aliphatic hydroxyl groups excluding tert-OH is 1. The van der Waals surface area contributed by atoms with Crippen LogP contribution in [0.1, 0.15) is 42.5 Å². The van der Waals surface area contributed by atoms with E-state index in [4.69, 9.17) is 9.84 Å². The van der Waals surface area contributed by atoms with E-state index in [1.165, 1.54) is 37.1 Å². The Morgan fingerprint density at radius 3 is 2.49 bits per heavy atom. The largest absolute Gasteiger partial charge is 0.491 e. The van der Waals surface area contributed by atoms with E-state index in [-0.39, 0.29) is 29.4 Å². The number of fused-ring (bicyclic) bond motifs is 1. The summed E-state index contributed by atoms with van der Waals surface area (Å²) in [6, 6.07) is 9.24. The molecular weight excluding hydrogens is 561 g/mol. The first-order chi connectivity index (χ1) is 19.4. The van der Waals surface area contributed by atoms with Gasteiger partial charge in [0.05, 0.1) is 41.4 Å². The van der Waals surface area contributed by atoms with Gasteiger partial charge in [-0.15, -0.1) is 0 Å². The predicted octanol–water partition coefficient (Wildman–Crippen LogP) is 4.41. The fraction of sp³-hybridized carbons (Fsp3) is 0.464. The molecule has 222 valence electrons. The Hall–Kier alpha value is -3.29. The number of rotatable bonds is 10. The number of sulfonamides is 1. The molecule has 5 rings (SSSR count). The van der Waals surface area contributed by atoms with Gasteiger partial charge in [0.1, 0.15) is 5.75 Å². The second-order valence-corrected chi connectivity index (χ2v) is 12.6. The maximum Gasteiger partial charge on any atom is 0.392 e. The molecule has 9 nitrogen and oxygen atoms in total. The number of benzene rings is 2. The summed E-state index contributed by atoms with van der Waals surface area (Å²) in [4.78, 5) is 15.6. The van der Waals surface area contributed by atoms with E-state index < -0.39 is 35.1 Å². The van der Waals surface area contributed by atoms with Crippen molar-refractivity contribution in [2.24, 2.45) is 12.5 Å². The first kappa shape index (κ1) is 29.2. The topological polar surface area (TPSA) is 113 Å². The minimum absolute atomic E-state index is 0.0108. The van der Waals surface area contributed by atoms with Crippen molar-refractivity contribution in [3.8, 4) is 5.75 Å². The molecule has 3 N–H and O–H groups in total. The van der Waals surface area contributed by atoms with Crippen LogP contribution < -0.4 is 19.7 Å². The van der Waals surface area contributed by atoms with Gasteiger partial charge < -0.3 is 24.6 Å². The van der Waals surface area contributed by atoms with Crippen molar-refractivity contribution >= 4 is 38.2 Å². The van der Waals surface area contributed by atoms with Crippen LogP contribution in [0.25, 0.3) is 10.9 Å². The second-order valence-electron chi connectivity index (χ2n) is 10.8. The lowest BCUT2D eigenvalue weighted by Gasteiger charge is -2.35. The number of hydrogen-bond acceptors (Lipinski definition) is 6. The summed E-state index contributed by atoms with van der Waals surface area (Å²) in [5.41, 5.74) is 2.10. The number of anilines is 2. The first-order valence-electron chi connectivity index (χ1n) is 13.5. The molecule has 1 amide bonds. The van der Waals surface area contributed by atoms with Gasteiger partial charge >= 0.3 is 6.18 Å². The van der Waals surface area contributed by atoms with E-state index in [2.05, 4.69) is 14.9 Å². The zero-order chi connectivity index (χ0) is 29.4. The Morgan fingerprint density at radius 2 is 1.83 bits per heavy atom. The summed E-state index contributed by atoms with van der Waals surface area (Å²) in [5, 5.41) is 12.6. The van der Waals surface area contributed by atoms with Gasteiger partial charge in [0, 0.05) is 43.8 Å². The molecular formula is C28H33F3N4O5S. The van der Waals surface area contributed by atoms with Crippen molar-refractivity contribution in [3.05, 3.63) is 48.2 Å². The van der Waals surface area contributed by atoms with Crippen LogP contribution in [0.3, 0.4) is 0 Å². The molecule has 1 saturated carbocycles. The standard InChI is InChI=1S/C28H33F3N4O5S/c1-34-11-4-19-16-20(17-24(25(19)34)40-15-9-28(29,30)31)26(37)33-22-3-2-21(41(38,39)32-10-14-36)18-23(22)35-12-7-27(5-6-27)8-13-35/h2-4,11,16-18,32,36H,5-10,12-15H2,1H3,(H,33,37). The van der Waals surface area contributed by atoms with E-state index >= 15 is 0 Å². The summed E-state index contributed by atoms with van der Waals surface area (Å²) in [5.74, 6) is -0.353. The maximum absolute atomic E-state index is 13.5. The fourth-order valence-corrected chi connectivity index (χ4v) is 6.36. The molecule has 1 saturated heterocycles. The van der Waals surface area contributed by atoms with Gasteiger partial charge in [0.25, 0.3) is 5.91 Å². The maximum atomic E-state index is 13.5. The highest BCUT2D eigenvalue weighted by Crippen LogP contribution is 2.54. The summed E-state index contributed by atoms with van der Waals surface area (Å²) in [6.07, 6.45) is 0.567. The average molecular weight is 595 g/mol. The monoisotopic (exact) mass is 594 g/mol. The van der Waals surface area contributed by atoms with Crippen LogP contribution in [-0.2, 0) is 17.1 Å². The van der Waals surface area contributed by atoms with E-state index in [1.807, 2.05) is 0 Å². The molecule has 1 aliphatic heterocycles. The normalized spacial score (nSPS) is 16.8. The third-order valence-electron chi connectivity index (χ3n) is 7.89. The second kappa shape index (κ2) is 11.2. The number of piperidine rings is 1. The molecule has 0 unspecified atom stereocenters. The Bertz CT molecular complexity index is 1540. The van der Waals surface area contributed by atoms with Gasteiger partial charge in [-0.2, -0.15) is 13.2 Å². The molecule has 2 aromatic carbocycles. The number of aliphatic hydroxyl groups is 1. The van der Waals surface area contributed by atoms with Gasteiger partial charge in [0.15, 0.2) is 0 Å². The molecule has 13 heteroatoms. The van der Waals surface area contributed by atoms with Gasteiger partial charge in [-0.1, -0.05) is 0 Å². The summed E-state index contributed by atoms with van der Waals surface area (Å²) < 4.78 is 73.3. The van der Waals surface area contributed by atoms with Crippen molar-refractivity contribution in [2.75, 3.05) is 43.1 Å². The predicted molar refractivity (Wildman–Crippen MR) is 149 cm³/mol. The van der Waals surface area contributed by atoms with Crippen LogP contribution in [0.5, 0.6) is 5.75 Å². The van der Waals surface area contributed by atoms with E-state index in [0.717, 1.165) is 12.8 Å². The summed E-state index contributed by atoms with van der Waals surface area (Å²) in [6.45, 7) is 0.364. The van der Waals surface area contributed by atoms with E-state index in [0.29, 0.717) is 40.8 Å². The highest BCUT2D eigenvalue weighted by molar-refractivity contribution is 7.89. The minimum Gasteiger partial charge on any atom is -0.491 e. The Labute approximate surface area is 236 Å². The number of hydrogen-bond donors (Lipinski definition) is 3. The Balaban J connectivity index is 1.44. The lowest BCUT2D eigenvalue weighted by atomic mass is 9.93. The number of nitrogens with zero attached hydrogens (tertiary/aromatic N) is 2. The summed E-state index contributed by atoms with van der Waals surface area (Å²) in [7, 11) is -2.15. The molecule has 0 radical (unpaired) electrons. The number of carbonyl (C=O) groups excluding carboxylic acids is 1. The highest BCUT2D eigenvalue weighted by Gasteiger charge is 2.44. The third-order valence-corrected chi connectivity index (χ3v) is 9.35. The first-order valence-corrected chi connectivity index (χ1v) is 15.0. The van der Waals surface area contributed by atoms with Gasteiger partial charge in [-0.3, -0.25) is 4.79 Å². The van der Waals surface area contributed by atoms with Gasteiger partial charge in [0.2, 0.25) is 10.0 Å². The van der Waals surface area contributed by atoms with Crippen molar-refractivity contribution in [1.29, 1.82) is 0 Å². The molecule has 2 fully saturated rings. The van der Waals surface area contributed by atoms with Crippen molar-refractivity contribution in [3.63, 3.8) is 0 Å². The van der Waals surface area contributed by atoms with Crippen LogP contribution in [0.4, 0.5) is 24.5 Å². The van der Waals surface area contributed by atoms with E-state index in [1.54, 1.807) is 29.9 Å². The molecule has 3 aromatic rings. The highest BCUT2D eigenvalue weighted by atomic mass is 32.2. The fourth-order valence-electron chi connectivity index (χ4n) is 5.32. The number of alkyl halides is 3. The average Bonchev–Trinajstić information content (AvgIpc) is 3.57. The number of carbonyl (C=O) groups is 1. The third kappa shape index (κ3) is 6.62. The molecule has 2 heterocycles. The molecule has 41 heavy (non-hydrogen) atoms. The molecule has 2 aliphatic rings. The number of halogens is 3. The van der Waals surface area contributed by atoms with Crippen molar-refractivity contribution in [1.82, 2.24) is 9.29 Å². The van der Waals surface area contributed by atoms with Gasteiger partial charge in [-0.05, 0) is 67.5 Å². The van der Waals surface area contributed by atoms with Crippen LogP contribution in [0.15, 0.2) is 47.5 Å². The minimum atomic E-state index is -4.38. The van der Waals surface area contributed by atoms with Crippen molar-refractivity contribution < 1.29 is 36.2 Å². The number of aryl methyl sites for hydroxylation is 1. The molecule has 1 aliphatic carbocycles. The number of aromatic nitrogens is 1. The molecule has 0 bridgehead atoms. The smallest absolute Gasteiger partial charge is 0.392 e. The lowest BCUT2D eigenvalue weighted by molar-refractivity contribution is -0.139. The molecule has 0 atom stereocenters. The zero-order valence-electron chi connectivity index (χ0n) is 22.6. The summed E-state index contributed by atoms with van der Waals surface area (Å²) >= 11 is 0. The van der Waals surface area contributed by atoms with Crippen LogP contribution in [-0.4, -0.2) is 63.0 Å². The quantitative estimate of drug-likeness (QED) is 0.321. The van der Waals surface area contributed by atoms with Crippen molar-refractivity contribution in [2.45, 2.75) is 43.2 Å². The van der Waals surface area contributed by atoms with Crippen LogP contribution >= 0.6 is 0 Å². The number of ether oxygens (including phenoxy) is 1. The van der Waals surface area contributed by atoms with E-state index in [9.17, 15) is 26.4 Å². The molecule has 1 spiro atoms. The van der Waals surface area contributed by atoms with Gasteiger partial charge in [-0.25, -0.2) is 13.1 Å². The Kier molecular flexibility index (Phi) is 7.96. The number of nitrogens with one attached hydrogen (secondary N) is 2. The van der Waals surface area contributed by atoms with Crippen LogP contribution in [0.2, 0.25) is 0 Å². The SMILES string of the molecule is Cn1ccc2cc(C(=O)Nc3ccc(S(=O)(=O)NCCO)cc3N3CCC4(CC3)CC4)cc(OCCC(F)(F)F)c21. The number of amides is 1. The molecule has 1 aromatic heterocycles. The lowest BCUT2D eigenvalue weighted by Crippen LogP contribution is -2.35.